The van der Waals surface area contributed by atoms with Crippen LogP contribution in [0.1, 0.15) is 6.92 Å². The van der Waals surface area contributed by atoms with Gasteiger partial charge >= 0.3 is 0 Å². The molecule has 2 nitrogen and oxygen atoms in total. The Hall–Kier alpha value is -0.0500. The Bertz CT molecular complexity index is 64.7. The third kappa shape index (κ3) is 3.79. The highest BCUT2D eigenvalue weighted by Gasteiger charge is 1.89. The Balaban J connectivity index is 3.00. The first-order valence-electron chi connectivity index (χ1n) is 2.14. The minimum absolute atomic E-state index is 0.0440. The van der Waals surface area contributed by atoms with Crippen LogP contribution < -0.4 is 5.32 Å². The maximum atomic E-state index is 10.3. The molecule has 0 aromatic rings. The molecule has 0 aliphatic rings. The first kappa shape index (κ1) is 6.95. The van der Waals surface area contributed by atoms with E-state index in [1.165, 1.54) is 0 Å². The van der Waals surface area contributed by atoms with E-state index >= 15 is 0 Å². The average Bonchev–Trinajstić information content (AvgIpc) is 1.68. The van der Waals surface area contributed by atoms with Gasteiger partial charge in [-0.1, -0.05) is 15.9 Å². The van der Waals surface area contributed by atoms with Gasteiger partial charge in [0.05, 0.1) is 5.33 Å². The van der Waals surface area contributed by atoms with Gasteiger partial charge < -0.3 is 5.32 Å². The van der Waals surface area contributed by atoms with Gasteiger partial charge in [0.25, 0.3) is 0 Å². The summed E-state index contributed by atoms with van der Waals surface area (Å²) in [5.41, 5.74) is 0. The molecule has 0 rings (SSSR count). The van der Waals surface area contributed by atoms with Gasteiger partial charge in [-0.25, -0.2) is 0 Å². The third-order valence-corrected chi connectivity index (χ3v) is 1.00. The molecule has 0 aromatic heterocycles. The summed E-state index contributed by atoms with van der Waals surface area (Å²) >= 11 is 3.00. The molecule has 3 heteroatoms. The second kappa shape index (κ2) is 4.12. The number of halogens is 1. The van der Waals surface area contributed by atoms with Crippen LogP contribution in [0.2, 0.25) is 0 Å². The van der Waals surface area contributed by atoms with E-state index in [-0.39, 0.29) is 5.91 Å². The highest BCUT2D eigenvalue weighted by molar-refractivity contribution is 9.09. The van der Waals surface area contributed by atoms with E-state index in [1.807, 2.05) is 6.92 Å². The number of hydrogen-bond acceptors (Lipinski definition) is 1. The van der Waals surface area contributed by atoms with Gasteiger partial charge in [0, 0.05) is 6.54 Å². The fourth-order valence-corrected chi connectivity index (χ4v) is 0.443. The van der Waals surface area contributed by atoms with Crippen LogP contribution in [0.25, 0.3) is 0 Å². The van der Waals surface area contributed by atoms with Crippen LogP contribution in [0.5, 0.6) is 0 Å². The fraction of sp³-hybridized carbons (Fsp3) is 0.750. The van der Waals surface area contributed by atoms with Crippen molar-refractivity contribution in [3.8, 4) is 0 Å². The molecule has 0 fully saturated rings. The lowest BCUT2D eigenvalue weighted by atomic mass is 10.6. The van der Waals surface area contributed by atoms with Crippen molar-refractivity contribution in [2.24, 2.45) is 0 Å². The van der Waals surface area contributed by atoms with Gasteiger partial charge in [0.15, 0.2) is 0 Å². The smallest absolute Gasteiger partial charge is 0.230 e. The number of amides is 1. The van der Waals surface area contributed by atoms with E-state index in [4.69, 9.17) is 0 Å². The Labute approximate surface area is 51.4 Å². The number of hydrogen-bond donors (Lipinski definition) is 1. The molecule has 7 heavy (non-hydrogen) atoms. The summed E-state index contributed by atoms with van der Waals surface area (Å²) in [5.74, 6) is 0.0440. The molecule has 42 valence electrons. The van der Waals surface area contributed by atoms with Crippen LogP contribution in [0.4, 0.5) is 0 Å². The number of rotatable bonds is 2. The van der Waals surface area contributed by atoms with E-state index in [0.717, 1.165) is 0 Å². The minimum Gasteiger partial charge on any atom is -0.356 e. The Morgan fingerprint density at radius 1 is 1.86 bits per heavy atom. The molecule has 0 aliphatic carbocycles. The monoisotopic (exact) mass is 165 g/mol. The molecular weight excluding hydrogens is 158 g/mol. The summed E-state index contributed by atoms with van der Waals surface area (Å²) in [5, 5.41) is 3.01. The van der Waals surface area contributed by atoms with Gasteiger partial charge in [-0.3, -0.25) is 4.79 Å². The van der Waals surface area contributed by atoms with Crippen molar-refractivity contribution in [3.05, 3.63) is 0 Å². The maximum Gasteiger partial charge on any atom is 0.230 e. The predicted octanol–water partition coefficient (Wildman–Crippen LogP) is 0.517. The molecule has 1 N–H and O–H groups in total. The molecule has 0 unspecified atom stereocenters. The third-order valence-electron chi connectivity index (χ3n) is 0.495. The average molecular weight is 166 g/mol. The van der Waals surface area contributed by atoms with Crippen LogP contribution in [-0.4, -0.2) is 17.8 Å². The van der Waals surface area contributed by atoms with Gasteiger partial charge in [0.2, 0.25) is 5.91 Å². The van der Waals surface area contributed by atoms with E-state index in [2.05, 4.69) is 21.2 Å². The van der Waals surface area contributed by atoms with Crippen molar-refractivity contribution in [1.29, 1.82) is 0 Å². The number of carbonyl (C=O) groups is 1. The van der Waals surface area contributed by atoms with Crippen LogP contribution in [0, 0.1) is 0 Å². The molecule has 0 aromatic carbocycles. The SMILES string of the molecule is CCNC(=O)CBr. The molecule has 0 heterocycles. The first-order valence-corrected chi connectivity index (χ1v) is 3.26. The molecule has 0 atom stereocenters. The topological polar surface area (TPSA) is 29.1 Å². The molecule has 0 saturated carbocycles. The quantitative estimate of drug-likeness (QED) is 0.595. The summed E-state index contributed by atoms with van der Waals surface area (Å²) in [6.07, 6.45) is 0. The lowest BCUT2D eigenvalue weighted by Crippen LogP contribution is -2.23. The highest BCUT2D eigenvalue weighted by atomic mass is 79.9. The molecule has 0 bridgehead atoms. The van der Waals surface area contributed by atoms with Gasteiger partial charge in [-0.15, -0.1) is 0 Å². The van der Waals surface area contributed by atoms with Crippen LogP contribution in [0.15, 0.2) is 0 Å². The number of alkyl halides is 1. The number of nitrogens with one attached hydrogen (secondary N) is 1. The summed E-state index contributed by atoms with van der Waals surface area (Å²) in [6.45, 7) is 2.60. The van der Waals surface area contributed by atoms with E-state index in [9.17, 15) is 4.79 Å². The highest BCUT2D eigenvalue weighted by Crippen LogP contribution is 1.75. The molecule has 0 aliphatic heterocycles. The minimum atomic E-state index is 0.0440. The van der Waals surface area contributed by atoms with Crippen molar-refractivity contribution in [1.82, 2.24) is 5.32 Å². The molecular formula is C4H8BrNO. The van der Waals surface area contributed by atoms with Crippen LogP contribution in [0.3, 0.4) is 0 Å². The molecule has 1 amide bonds. The van der Waals surface area contributed by atoms with E-state index < -0.39 is 0 Å². The zero-order valence-corrected chi connectivity index (χ0v) is 5.79. The molecule has 0 radical (unpaired) electrons. The van der Waals surface area contributed by atoms with Crippen molar-refractivity contribution in [3.63, 3.8) is 0 Å². The van der Waals surface area contributed by atoms with Gasteiger partial charge in [0.1, 0.15) is 0 Å². The molecule has 0 spiro atoms. The fourth-order valence-electron chi connectivity index (χ4n) is 0.244. The second-order valence-corrected chi connectivity index (χ2v) is 1.65. The lowest BCUT2D eigenvalue weighted by molar-refractivity contribution is -0.118. The van der Waals surface area contributed by atoms with Crippen LogP contribution >= 0.6 is 15.9 Å². The Morgan fingerprint density at radius 2 is 2.43 bits per heavy atom. The standard InChI is InChI=1S/C4H8BrNO/c1-2-6-4(7)3-5/h2-3H2,1H3,(H,6,7). The largest absolute Gasteiger partial charge is 0.356 e. The van der Waals surface area contributed by atoms with Crippen molar-refractivity contribution < 1.29 is 4.79 Å². The Morgan fingerprint density at radius 3 is 2.57 bits per heavy atom. The predicted molar refractivity (Wildman–Crippen MR) is 32.5 cm³/mol. The summed E-state index contributed by atoms with van der Waals surface area (Å²) in [7, 11) is 0. The normalized spacial score (nSPS) is 8.29. The van der Waals surface area contributed by atoms with E-state index in [1.54, 1.807) is 0 Å². The maximum absolute atomic E-state index is 10.3. The van der Waals surface area contributed by atoms with Crippen molar-refractivity contribution in [2.45, 2.75) is 6.92 Å². The van der Waals surface area contributed by atoms with Crippen LogP contribution in [-0.2, 0) is 4.79 Å². The Kier molecular flexibility index (Phi) is 4.09. The summed E-state index contributed by atoms with van der Waals surface area (Å²) in [4.78, 5) is 10.3. The molecule has 0 saturated heterocycles. The van der Waals surface area contributed by atoms with Gasteiger partial charge in [-0.2, -0.15) is 0 Å². The zero-order valence-electron chi connectivity index (χ0n) is 4.20. The second-order valence-electron chi connectivity index (χ2n) is 1.09. The summed E-state index contributed by atoms with van der Waals surface area (Å²) in [6, 6.07) is 0. The first-order chi connectivity index (χ1) is 3.31. The van der Waals surface area contributed by atoms with E-state index in [0.29, 0.717) is 11.9 Å². The lowest BCUT2D eigenvalue weighted by Gasteiger charge is -1.92. The number of carbonyl (C=O) groups excluding carboxylic acids is 1. The summed E-state index contributed by atoms with van der Waals surface area (Å²) < 4.78 is 0. The zero-order chi connectivity index (χ0) is 5.70. The van der Waals surface area contributed by atoms with Crippen molar-refractivity contribution >= 4 is 21.8 Å². The van der Waals surface area contributed by atoms with Crippen molar-refractivity contribution in [2.75, 3.05) is 11.9 Å². The van der Waals surface area contributed by atoms with Gasteiger partial charge in [-0.05, 0) is 6.92 Å².